The highest BCUT2D eigenvalue weighted by molar-refractivity contribution is 5.92. The first-order valence-electron chi connectivity index (χ1n) is 5.43. The van der Waals surface area contributed by atoms with Gasteiger partial charge in [0.2, 0.25) is 0 Å². The van der Waals surface area contributed by atoms with E-state index in [4.69, 9.17) is 5.11 Å². The molecule has 3 rings (SSSR count). The molecule has 2 aromatic heterocycles. The number of nitro groups is 1. The lowest BCUT2D eigenvalue weighted by atomic mass is 10.2. The van der Waals surface area contributed by atoms with Crippen molar-refractivity contribution in [2.75, 3.05) is 0 Å². The molecule has 0 aliphatic carbocycles. The number of ether oxygens (including phenoxy) is 1. The Morgan fingerprint density at radius 1 is 1.48 bits per heavy atom. The zero-order chi connectivity index (χ0) is 15.1. The molecule has 0 aliphatic heterocycles. The van der Waals surface area contributed by atoms with E-state index >= 15 is 0 Å². The average molecular weight is 291 g/mol. The largest absolute Gasteiger partial charge is 0.513 e. The average Bonchev–Trinajstić information content (AvgIpc) is 2.81. The van der Waals surface area contributed by atoms with E-state index in [0.717, 1.165) is 4.52 Å². The minimum atomic E-state index is -1.62. The SMILES string of the molecule is O=C(O)Oc1nc2c3ccc([N+](=O)[O-])cc3[nH]c(=O)n2n1. The Kier molecular flexibility index (Phi) is 2.54. The summed E-state index contributed by atoms with van der Waals surface area (Å²) in [6, 6.07) is 3.26. The maximum absolute atomic E-state index is 11.8. The van der Waals surface area contributed by atoms with Crippen LogP contribution in [0.15, 0.2) is 23.0 Å². The molecule has 106 valence electrons. The molecule has 2 N–H and O–H groups in total. The quantitative estimate of drug-likeness (QED) is 0.394. The van der Waals surface area contributed by atoms with Gasteiger partial charge in [-0.3, -0.25) is 10.1 Å². The summed E-state index contributed by atoms with van der Waals surface area (Å²) >= 11 is 0. The number of aromatic nitrogens is 4. The third-order valence-electron chi connectivity index (χ3n) is 2.66. The monoisotopic (exact) mass is 291 g/mol. The molecule has 11 nitrogen and oxygen atoms in total. The molecule has 0 saturated carbocycles. The van der Waals surface area contributed by atoms with Gasteiger partial charge >= 0.3 is 17.9 Å². The maximum atomic E-state index is 11.8. The van der Waals surface area contributed by atoms with E-state index in [0.29, 0.717) is 5.39 Å². The smallest absolute Gasteiger partial charge is 0.449 e. The number of nitro benzene ring substituents is 1. The Bertz CT molecular complexity index is 958. The standard InChI is InChI=1S/C10H5N5O6/c16-9-11-6-3-4(15(19)20)1-2-5(6)7-12-8(13-14(7)9)21-10(17)18/h1-3H,(H,11,16)(H,17,18). The number of hydrogen-bond acceptors (Lipinski definition) is 7. The van der Waals surface area contributed by atoms with Gasteiger partial charge in [0.15, 0.2) is 5.65 Å². The Balaban J connectivity index is 2.32. The second kappa shape index (κ2) is 4.26. The Labute approximate surface area is 113 Å². The van der Waals surface area contributed by atoms with Gasteiger partial charge in [0.05, 0.1) is 10.4 Å². The summed E-state index contributed by atoms with van der Waals surface area (Å²) in [6.45, 7) is 0. The van der Waals surface area contributed by atoms with Crippen LogP contribution in [-0.2, 0) is 0 Å². The van der Waals surface area contributed by atoms with E-state index in [2.05, 4.69) is 19.8 Å². The third kappa shape index (κ3) is 2.01. The first-order valence-corrected chi connectivity index (χ1v) is 5.43. The number of benzene rings is 1. The Morgan fingerprint density at radius 3 is 2.90 bits per heavy atom. The number of nitrogens with zero attached hydrogens (tertiary/aromatic N) is 4. The van der Waals surface area contributed by atoms with Crippen LogP contribution in [0.5, 0.6) is 6.01 Å². The van der Waals surface area contributed by atoms with Crippen molar-refractivity contribution in [3.8, 4) is 6.01 Å². The second-order valence-corrected chi connectivity index (χ2v) is 3.91. The summed E-state index contributed by atoms with van der Waals surface area (Å²) in [4.78, 5) is 38.5. The zero-order valence-corrected chi connectivity index (χ0v) is 10.0. The van der Waals surface area contributed by atoms with Gasteiger partial charge in [-0.05, 0) is 6.07 Å². The summed E-state index contributed by atoms with van der Waals surface area (Å²) in [5, 5.41) is 23.2. The van der Waals surface area contributed by atoms with Gasteiger partial charge in [-0.25, -0.2) is 9.59 Å². The third-order valence-corrected chi connectivity index (χ3v) is 2.66. The van der Waals surface area contributed by atoms with Crippen LogP contribution >= 0.6 is 0 Å². The van der Waals surface area contributed by atoms with Crippen LogP contribution in [0, 0.1) is 10.1 Å². The summed E-state index contributed by atoms with van der Waals surface area (Å²) in [6.07, 6.45) is -1.62. The minimum absolute atomic E-state index is 0.0277. The van der Waals surface area contributed by atoms with Gasteiger partial charge in [0.25, 0.3) is 5.69 Å². The molecule has 0 saturated heterocycles. The van der Waals surface area contributed by atoms with Gasteiger partial charge in [0, 0.05) is 17.5 Å². The number of H-pyrrole nitrogens is 1. The van der Waals surface area contributed by atoms with Crippen molar-refractivity contribution in [1.82, 2.24) is 19.6 Å². The zero-order valence-electron chi connectivity index (χ0n) is 10.0. The van der Waals surface area contributed by atoms with E-state index in [-0.39, 0.29) is 16.9 Å². The first kappa shape index (κ1) is 12.5. The highest BCUT2D eigenvalue weighted by Crippen LogP contribution is 2.21. The molecule has 0 fully saturated rings. The van der Waals surface area contributed by atoms with Crippen LogP contribution in [0.4, 0.5) is 10.5 Å². The van der Waals surface area contributed by atoms with Gasteiger partial charge in [-0.2, -0.15) is 9.50 Å². The summed E-state index contributed by atoms with van der Waals surface area (Å²) in [5.74, 6) is 0. The van der Waals surface area contributed by atoms with E-state index in [1.165, 1.54) is 18.2 Å². The normalized spacial score (nSPS) is 10.9. The molecule has 2 heterocycles. The maximum Gasteiger partial charge on any atom is 0.513 e. The number of non-ortho nitro benzene ring substituents is 1. The lowest BCUT2D eigenvalue weighted by molar-refractivity contribution is -0.384. The number of nitrogens with one attached hydrogen (secondary N) is 1. The molecule has 1 aromatic carbocycles. The Morgan fingerprint density at radius 2 is 2.24 bits per heavy atom. The molecule has 0 unspecified atom stereocenters. The molecule has 21 heavy (non-hydrogen) atoms. The summed E-state index contributed by atoms with van der Waals surface area (Å²) < 4.78 is 5.09. The topological polar surface area (TPSA) is 153 Å². The summed E-state index contributed by atoms with van der Waals surface area (Å²) in [7, 11) is 0. The van der Waals surface area contributed by atoms with Crippen molar-refractivity contribution < 1.29 is 19.6 Å². The van der Waals surface area contributed by atoms with Gasteiger partial charge in [0.1, 0.15) is 0 Å². The lowest BCUT2D eigenvalue weighted by Crippen LogP contribution is -2.17. The van der Waals surface area contributed by atoms with E-state index in [1.54, 1.807) is 0 Å². The molecular formula is C10H5N5O6. The fourth-order valence-electron chi connectivity index (χ4n) is 1.84. The number of fused-ring (bicyclic) bond motifs is 3. The molecule has 3 aromatic rings. The van der Waals surface area contributed by atoms with Crippen LogP contribution in [0.2, 0.25) is 0 Å². The van der Waals surface area contributed by atoms with Crippen LogP contribution in [0.3, 0.4) is 0 Å². The molecule has 0 aliphatic rings. The molecular weight excluding hydrogens is 286 g/mol. The van der Waals surface area contributed by atoms with E-state index < -0.39 is 22.8 Å². The highest BCUT2D eigenvalue weighted by Gasteiger charge is 2.15. The number of carbonyl (C=O) groups is 1. The van der Waals surface area contributed by atoms with Gasteiger partial charge in [-0.1, -0.05) is 0 Å². The molecule has 0 amide bonds. The summed E-state index contributed by atoms with van der Waals surface area (Å²) in [5.41, 5.74) is -0.731. The van der Waals surface area contributed by atoms with Crippen LogP contribution in [0.1, 0.15) is 0 Å². The van der Waals surface area contributed by atoms with Crippen molar-refractivity contribution >= 4 is 28.4 Å². The lowest BCUT2D eigenvalue weighted by Gasteiger charge is -1.98. The first-order chi connectivity index (χ1) is 9.95. The number of hydrogen-bond donors (Lipinski definition) is 2. The second-order valence-electron chi connectivity index (χ2n) is 3.91. The molecule has 0 radical (unpaired) electrons. The Hall–Kier alpha value is -3.50. The van der Waals surface area contributed by atoms with Crippen molar-refractivity contribution in [3.63, 3.8) is 0 Å². The number of aromatic amines is 1. The van der Waals surface area contributed by atoms with Crippen molar-refractivity contribution in [3.05, 3.63) is 38.8 Å². The van der Waals surface area contributed by atoms with E-state index in [9.17, 15) is 19.7 Å². The van der Waals surface area contributed by atoms with Gasteiger partial charge < -0.3 is 14.8 Å². The predicted octanol–water partition coefficient (Wildman–Crippen LogP) is 0.536. The highest BCUT2D eigenvalue weighted by atomic mass is 16.7. The molecule has 0 spiro atoms. The van der Waals surface area contributed by atoms with Crippen LogP contribution in [-0.4, -0.2) is 35.8 Å². The van der Waals surface area contributed by atoms with Crippen LogP contribution < -0.4 is 10.4 Å². The van der Waals surface area contributed by atoms with Crippen LogP contribution in [0.25, 0.3) is 16.6 Å². The molecule has 11 heteroatoms. The van der Waals surface area contributed by atoms with Crippen molar-refractivity contribution in [1.29, 1.82) is 0 Å². The minimum Gasteiger partial charge on any atom is -0.449 e. The van der Waals surface area contributed by atoms with Crippen molar-refractivity contribution in [2.24, 2.45) is 0 Å². The predicted molar refractivity (Wildman–Crippen MR) is 66.4 cm³/mol. The van der Waals surface area contributed by atoms with Gasteiger partial charge in [-0.15, -0.1) is 5.10 Å². The fourth-order valence-corrected chi connectivity index (χ4v) is 1.84. The molecule has 0 atom stereocenters. The van der Waals surface area contributed by atoms with Crippen molar-refractivity contribution in [2.45, 2.75) is 0 Å². The number of rotatable bonds is 2. The molecule has 0 bridgehead atoms. The number of carboxylic acid groups (broad SMARTS) is 1. The van der Waals surface area contributed by atoms with E-state index in [1.807, 2.05) is 0 Å². The fraction of sp³-hybridized carbons (Fsp3) is 0.